The van der Waals surface area contributed by atoms with Gasteiger partial charge in [0.15, 0.2) is 17.9 Å². The number of amides is 1. The molecule has 10 heteroatoms. The Hall–Kier alpha value is -3.62. The van der Waals surface area contributed by atoms with Crippen molar-refractivity contribution in [1.29, 1.82) is 0 Å². The summed E-state index contributed by atoms with van der Waals surface area (Å²) in [7, 11) is 0. The van der Waals surface area contributed by atoms with Crippen molar-refractivity contribution in [2.24, 2.45) is 0 Å². The molecule has 0 radical (unpaired) electrons. The molecule has 0 aliphatic heterocycles. The summed E-state index contributed by atoms with van der Waals surface area (Å²) >= 11 is 12.1. The third-order valence-corrected chi connectivity index (χ3v) is 4.72. The Bertz CT molecular complexity index is 1310. The molecule has 4 aromatic rings. The third-order valence-electron chi connectivity index (χ3n) is 4.22. The molecule has 8 nitrogen and oxygen atoms in total. The number of benzene rings is 3. The van der Waals surface area contributed by atoms with Crippen molar-refractivity contribution in [2.75, 3.05) is 11.9 Å². The van der Waals surface area contributed by atoms with E-state index in [0.717, 1.165) is 0 Å². The van der Waals surface area contributed by atoms with E-state index in [4.69, 9.17) is 32.4 Å². The lowest BCUT2D eigenvalue weighted by atomic mass is 10.2. The van der Waals surface area contributed by atoms with Crippen molar-refractivity contribution in [3.63, 3.8) is 0 Å². The van der Waals surface area contributed by atoms with Gasteiger partial charge in [-0.3, -0.25) is 14.9 Å². The molecule has 0 unspecified atom stereocenters. The van der Waals surface area contributed by atoms with Crippen LogP contribution < -0.4 is 10.1 Å². The Labute approximate surface area is 185 Å². The number of aromatic nitrogens is 1. The molecule has 3 aromatic carbocycles. The maximum absolute atomic E-state index is 12.3. The Morgan fingerprint density at radius 2 is 1.94 bits per heavy atom. The molecule has 4 rings (SSSR count). The van der Waals surface area contributed by atoms with Gasteiger partial charge in [0.2, 0.25) is 5.89 Å². The van der Waals surface area contributed by atoms with Gasteiger partial charge in [0, 0.05) is 22.3 Å². The van der Waals surface area contributed by atoms with Gasteiger partial charge < -0.3 is 14.5 Å². The molecule has 156 valence electrons. The van der Waals surface area contributed by atoms with Crippen LogP contribution in [0.4, 0.5) is 11.4 Å². The molecule has 1 heterocycles. The largest absolute Gasteiger partial charge is 0.477 e. The summed E-state index contributed by atoms with van der Waals surface area (Å²) in [5, 5.41) is 14.5. The minimum Gasteiger partial charge on any atom is -0.477 e. The van der Waals surface area contributed by atoms with Gasteiger partial charge in [-0.2, -0.15) is 0 Å². The first-order valence-corrected chi connectivity index (χ1v) is 9.68. The lowest BCUT2D eigenvalue weighted by molar-refractivity contribution is -0.385. The monoisotopic (exact) mass is 457 g/mol. The van der Waals surface area contributed by atoms with Crippen LogP contribution in [0.2, 0.25) is 10.0 Å². The first-order valence-electron chi connectivity index (χ1n) is 8.93. The predicted octanol–water partition coefficient (Wildman–Crippen LogP) is 5.73. The van der Waals surface area contributed by atoms with E-state index >= 15 is 0 Å². The highest BCUT2D eigenvalue weighted by Crippen LogP contribution is 2.32. The SMILES string of the molecule is O=C(COc1ccccc1[N+](=O)[O-])Nc1cccc(-c2nc3cc(Cl)cc(Cl)c3o2)c1. The summed E-state index contributed by atoms with van der Waals surface area (Å²) in [6.07, 6.45) is 0. The molecule has 1 N–H and O–H groups in total. The van der Waals surface area contributed by atoms with Crippen molar-refractivity contribution in [3.8, 4) is 17.2 Å². The molecule has 0 aliphatic rings. The highest BCUT2D eigenvalue weighted by molar-refractivity contribution is 6.38. The zero-order chi connectivity index (χ0) is 22.0. The maximum atomic E-state index is 12.3. The molecule has 31 heavy (non-hydrogen) atoms. The van der Waals surface area contributed by atoms with Gasteiger partial charge in [-0.15, -0.1) is 0 Å². The lowest BCUT2D eigenvalue weighted by Gasteiger charge is -2.08. The molecule has 0 saturated heterocycles. The summed E-state index contributed by atoms with van der Waals surface area (Å²) in [5.41, 5.74) is 1.79. The van der Waals surface area contributed by atoms with Gasteiger partial charge in [0.25, 0.3) is 5.91 Å². The number of anilines is 1. The zero-order valence-corrected chi connectivity index (χ0v) is 17.2. The number of halogens is 2. The fourth-order valence-electron chi connectivity index (χ4n) is 2.88. The zero-order valence-electron chi connectivity index (χ0n) is 15.7. The number of nitrogens with zero attached hydrogens (tertiary/aromatic N) is 2. The molecule has 0 atom stereocenters. The number of nitro groups is 1. The highest BCUT2D eigenvalue weighted by atomic mass is 35.5. The van der Waals surface area contributed by atoms with E-state index in [0.29, 0.717) is 38.3 Å². The molecule has 0 fully saturated rings. The Kier molecular flexibility index (Phi) is 5.75. The lowest BCUT2D eigenvalue weighted by Crippen LogP contribution is -2.20. The van der Waals surface area contributed by atoms with Gasteiger partial charge in [0.05, 0.1) is 9.95 Å². The van der Waals surface area contributed by atoms with Gasteiger partial charge in [-0.25, -0.2) is 4.98 Å². The van der Waals surface area contributed by atoms with E-state index < -0.39 is 17.4 Å². The van der Waals surface area contributed by atoms with Crippen molar-refractivity contribution >= 4 is 51.6 Å². The molecule has 1 amide bonds. The fourth-order valence-corrected chi connectivity index (χ4v) is 3.40. The van der Waals surface area contributed by atoms with Crippen LogP contribution in [0, 0.1) is 10.1 Å². The molecule has 0 spiro atoms. The average molecular weight is 458 g/mol. The van der Waals surface area contributed by atoms with Crippen LogP contribution in [0.25, 0.3) is 22.6 Å². The number of oxazole rings is 1. The van der Waals surface area contributed by atoms with E-state index in [9.17, 15) is 14.9 Å². The van der Waals surface area contributed by atoms with Crippen LogP contribution in [-0.2, 0) is 4.79 Å². The topological polar surface area (TPSA) is 108 Å². The van der Waals surface area contributed by atoms with E-state index in [-0.39, 0.29) is 11.4 Å². The molecule has 0 aliphatic carbocycles. The quantitative estimate of drug-likeness (QED) is 0.292. The Morgan fingerprint density at radius 1 is 1.13 bits per heavy atom. The molecular formula is C21H13Cl2N3O5. The number of ether oxygens (including phenoxy) is 1. The summed E-state index contributed by atoms with van der Waals surface area (Å²) < 4.78 is 11.0. The summed E-state index contributed by atoms with van der Waals surface area (Å²) in [6, 6.07) is 15.9. The van der Waals surface area contributed by atoms with Crippen molar-refractivity contribution in [1.82, 2.24) is 4.98 Å². The van der Waals surface area contributed by atoms with Crippen LogP contribution in [-0.4, -0.2) is 22.4 Å². The minimum atomic E-state index is -0.573. The number of rotatable bonds is 6. The van der Waals surface area contributed by atoms with Crippen LogP contribution in [0.3, 0.4) is 0 Å². The molecule has 0 saturated carbocycles. The number of para-hydroxylation sites is 2. The standard InChI is InChI=1S/C21H13Cl2N3O5/c22-13-9-15(23)20-16(10-13)25-21(31-20)12-4-3-5-14(8-12)24-19(27)11-30-18-7-2-1-6-17(18)26(28)29/h1-10H,11H2,(H,24,27). The number of fused-ring (bicyclic) bond motifs is 1. The minimum absolute atomic E-state index is 0.0124. The summed E-state index contributed by atoms with van der Waals surface area (Å²) in [6.45, 7) is -0.397. The average Bonchev–Trinajstić information content (AvgIpc) is 3.17. The number of nitro benzene ring substituents is 1. The van der Waals surface area contributed by atoms with Crippen LogP contribution in [0.1, 0.15) is 0 Å². The third kappa shape index (κ3) is 4.60. The van der Waals surface area contributed by atoms with Crippen LogP contribution in [0.15, 0.2) is 65.1 Å². The normalized spacial score (nSPS) is 10.8. The smallest absolute Gasteiger partial charge is 0.310 e. The highest BCUT2D eigenvalue weighted by Gasteiger charge is 2.16. The van der Waals surface area contributed by atoms with Gasteiger partial charge in [0.1, 0.15) is 5.52 Å². The Balaban J connectivity index is 1.48. The Morgan fingerprint density at radius 3 is 2.74 bits per heavy atom. The van der Waals surface area contributed by atoms with E-state index in [2.05, 4.69) is 10.3 Å². The number of carbonyl (C=O) groups excluding carboxylic acids is 1. The second kappa shape index (κ2) is 8.63. The molecule has 1 aromatic heterocycles. The van der Waals surface area contributed by atoms with Crippen molar-refractivity contribution < 1.29 is 18.9 Å². The second-order valence-electron chi connectivity index (χ2n) is 6.40. The van der Waals surface area contributed by atoms with Crippen LogP contribution in [0.5, 0.6) is 5.75 Å². The molecule has 0 bridgehead atoms. The van der Waals surface area contributed by atoms with E-state index in [1.54, 1.807) is 42.5 Å². The first-order chi connectivity index (χ1) is 14.9. The fraction of sp³-hybridized carbons (Fsp3) is 0.0476. The maximum Gasteiger partial charge on any atom is 0.310 e. The van der Waals surface area contributed by atoms with E-state index in [1.165, 1.54) is 18.2 Å². The summed E-state index contributed by atoms with van der Waals surface area (Å²) in [5.74, 6) is -0.160. The first kappa shape index (κ1) is 20.6. The van der Waals surface area contributed by atoms with Crippen LogP contribution >= 0.6 is 23.2 Å². The predicted molar refractivity (Wildman–Crippen MR) is 117 cm³/mol. The number of carbonyl (C=O) groups is 1. The van der Waals surface area contributed by atoms with Gasteiger partial charge >= 0.3 is 5.69 Å². The van der Waals surface area contributed by atoms with Crippen molar-refractivity contribution in [3.05, 3.63) is 80.8 Å². The number of nitrogens with one attached hydrogen (secondary N) is 1. The molecular weight excluding hydrogens is 445 g/mol. The van der Waals surface area contributed by atoms with E-state index in [1.807, 2.05) is 0 Å². The number of hydrogen-bond acceptors (Lipinski definition) is 6. The van der Waals surface area contributed by atoms with Gasteiger partial charge in [-0.05, 0) is 36.4 Å². The summed E-state index contributed by atoms with van der Waals surface area (Å²) in [4.78, 5) is 27.1. The van der Waals surface area contributed by atoms with Gasteiger partial charge in [-0.1, -0.05) is 41.4 Å². The number of hydrogen-bond donors (Lipinski definition) is 1. The second-order valence-corrected chi connectivity index (χ2v) is 7.24. The van der Waals surface area contributed by atoms with Crippen molar-refractivity contribution in [2.45, 2.75) is 0 Å².